The summed E-state index contributed by atoms with van der Waals surface area (Å²) >= 11 is 0. The number of aryl methyl sites for hydroxylation is 1. The number of benzene rings is 2. The number of nitrogens with zero attached hydrogens (tertiary/aromatic N) is 6. The van der Waals surface area contributed by atoms with Crippen molar-refractivity contribution in [2.24, 2.45) is 0 Å². The molecular weight excluding hydrogens is 390 g/mol. The van der Waals surface area contributed by atoms with E-state index in [9.17, 15) is 4.79 Å². The van der Waals surface area contributed by atoms with Crippen LogP contribution in [0.2, 0.25) is 0 Å². The van der Waals surface area contributed by atoms with E-state index in [2.05, 4.69) is 31.2 Å². The third kappa shape index (κ3) is 4.05. The minimum Gasteiger partial charge on any atom is -0.353 e. The van der Waals surface area contributed by atoms with Crippen LogP contribution in [0.3, 0.4) is 0 Å². The van der Waals surface area contributed by atoms with Gasteiger partial charge in [-0.25, -0.2) is 19.7 Å². The summed E-state index contributed by atoms with van der Waals surface area (Å²) < 4.78 is 1.87. The van der Waals surface area contributed by atoms with Crippen molar-refractivity contribution in [1.29, 1.82) is 0 Å². The standard InChI is InChI=1S/C23H23N7O/c1-17-25-21(15-22(26-17)30-9-8-24-16-30)28-10-12-29(13-11-28)23(31)27-20-7-6-18-4-2-3-5-19(18)14-20/h2-9,14-16H,10-13H2,1H3,(H,27,31). The Morgan fingerprint density at radius 2 is 1.71 bits per heavy atom. The summed E-state index contributed by atoms with van der Waals surface area (Å²) in [4.78, 5) is 30.0. The first-order chi connectivity index (χ1) is 15.2. The quantitative estimate of drug-likeness (QED) is 0.556. The maximum Gasteiger partial charge on any atom is 0.321 e. The van der Waals surface area contributed by atoms with Gasteiger partial charge in [0.25, 0.3) is 0 Å². The zero-order valence-corrected chi connectivity index (χ0v) is 17.3. The van der Waals surface area contributed by atoms with E-state index in [4.69, 9.17) is 0 Å². The van der Waals surface area contributed by atoms with Gasteiger partial charge in [0.2, 0.25) is 0 Å². The predicted molar refractivity (Wildman–Crippen MR) is 121 cm³/mol. The molecular formula is C23H23N7O. The molecule has 1 N–H and O–H groups in total. The summed E-state index contributed by atoms with van der Waals surface area (Å²) in [5.74, 6) is 2.36. The van der Waals surface area contributed by atoms with Crippen molar-refractivity contribution >= 4 is 28.3 Å². The molecule has 2 aromatic heterocycles. The summed E-state index contributed by atoms with van der Waals surface area (Å²) in [5.41, 5.74) is 0.808. The fourth-order valence-corrected chi connectivity index (χ4v) is 3.83. The predicted octanol–water partition coefficient (Wildman–Crippen LogP) is 3.48. The Kier molecular flexibility index (Phi) is 4.95. The largest absolute Gasteiger partial charge is 0.353 e. The average molecular weight is 413 g/mol. The molecule has 0 saturated carbocycles. The van der Waals surface area contributed by atoms with Gasteiger partial charge in [-0.2, -0.15) is 0 Å². The molecule has 8 nitrogen and oxygen atoms in total. The van der Waals surface area contributed by atoms with Crippen molar-refractivity contribution in [2.75, 3.05) is 36.4 Å². The van der Waals surface area contributed by atoms with Crippen molar-refractivity contribution in [3.05, 3.63) is 73.1 Å². The van der Waals surface area contributed by atoms with Crippen LogP contribution in [0, 0.1) is 6.92 Å². The van der Waals surface area contributed by atoms with Crippen LogP contribution in [-0.2, 0) is 0 Å². The van der Waals surface area contributed by atoms with Gasteiger partial charge in [-0.15, -0.1) is 0 Å². The van der Waals surface area contributed by atoms with Crippen LogP contribution in [0.15, 0.2) is 67.3 Å². The van der Waals surface area contributed by atoms with E-state index in [1.807, 2.05) is 65.1 Å². The summed E-state index contributed by atoms with van der Waals surface area (Å²) in [6.07, 6.45) is 5.31. The van der Waals surface area contributed by atoms with Crippen LogP contribution in [0.4, 0.5) is 16.3 Å². The molecule has 0 spiro atoms. The zero-order valence-electron chi connectivity index (χ0n) is 17.3. The number of carbonyl (C=O) groups excluding carboxylic acids is 1. The van der Waals surface area contributed by atoms with Crippen molar-refractivity contribution in [2.45, 2.75) is 6.92 Å². The van der Waals surface area contributed by atoms with Crippen molar-refractivity contribution in [1.82, 2.24) is 24.4 Å². The van der Waals surface area contributed by atoms with Crippen molar-refractivity contribution in [3.63, 3.8) is 0 Å². The lowest BCUT2D eigenvalue weighted by atomic mass is 10.1. The lowest BCUT2D eigenvalue weighted by Crippen LogP contribution is -2.50. The second-order valence-corrected chi connectivity index (χ2v) is 7.57. The van der Waals surface area contributed by atoms with E-state index in [1.165, 1.54) is 0 Å². The zero-order chi connectivity index (χ0) is 21.2. The summed E-state index contributed by atoms with van der Waals surface area (Å²) in [6.45, 7) is 4.57. The molecule has 3 heterocycles. The second-order valence-electron chi connectivity index (χ2n) is 7.57. The van der Waals surface area contributed by atoms with Gasteiger partial charge in [-0.3, -0.25) is 4.57 Å². The monoisotopic (exact) mass is 413 g/mol. The fraction of sp³-hybridized carbons (Fsp3) is 0.217. The normalized spacial score (nSPS) is 14.1. The third-order valence-electron chi connectivity index (χ3n) is 5.47. The van der Waals surface area contributed by atoms with Gasteiger partial charge in [0, 0.05) is 50.3 Å². The molecule has 156 valence electrons. The third-order valence-corrected chi connectivity index (χ3v) is 5.47. The number of anilines is 2. The molecule has 0 unspecified atom stereocenters. The molecule has 5 rings (SSSR count). The van der Waals surface area contributed by atoms with Crippen LogP contribution in [-0.4, -0.2) is 56.6 Å². The topological polar surface area (TPSA) is 79.2 Å². The molecule has 1 saturated heterocycles. The van der Waals surface area contributed by atoms with Crippen molar-refractivity contribution in [3.8, 4) is 5.82 Å². The Labute approximate surface area is 180 Å². The molecule has 0 atom stereocenters. The number of carbonyl (C=O) groups is 1. The van der Waals surface area contributed by atoms with Crippen LogP contribution in [0.1, 0.15) is 5.82 Å². The first-order valence-electron chi connectivity index (χ1n) is 10.3. The van der Waals surface area contributed by atoms with Crippen LogP contribution < -0.4 is 10.2 Å². The van der Waals surface area contributed by atoms with Crippen molar-refractivity contribution < 1.29 is 4.79 Å². The Balaban J connectivity index is 1.24. The summed E-state index contributed by atoms with van der Waals surface area (Å²) in [5, 5.41) is 5.29. The highest BCUT2D eigenvalue weighted by Gasteiger charge is 2.23. The maximum absolute atomic E-state index is 12.8. The SMILES string of the molecule is Cc1nc(N2CCN(C(=O)Nc3ccc4ccccc4c3)CC2)cc(-n2ccnc2)n1. The molecule has 2 aromatic carbocycles. The minimum absolute atomic E-state index is 0.0760. The number of hydrogen-bond acceptors (Lipinski definition) is 5. The van der Waals surface area contributed by atoms with Gasteiger partial charge in [-0.1, -0.05) is 30.3 Å². The van der Waals surface area contributed by atoms with E-state index in [0.717, 1.165) is 28.1 Å². The Morgan fingerprint density at radius 3 is 2.48 bits per heavy atom. The smallest absolute Gasteiger partial charge is 0.321 e. The molecule has 4 aromatic rings. The number of urea groups is 1. The van der Waals surface area contributed by atoms with Gasteiger partial charge < -0.3 is 15.1 Å². The van der Waals surface area contributed by atoms with Gasteiger partial charge in [-0.05, 0) is 29.8 Å². The van der Waals surface area contributed by atoms with Gasteiger partial charge in [0.15, 0.2) is 0 Å². The number of amides is 2. The summed E-state index contributed by atoms with van der Waals surface area (Å²) in [7, 11) is 0. The minimum atomic E-state index is -0.0760. The number of hydrogen-bond donors (Lipinski definition) is 1. The van der Waals surface area contributed by atoms with Crippen LogP contribution in [0.5, 0.6) is 0 Å². The van der Waals surface area contributed by atoms with Gasteiger partial charge in [0.05, 0.1) is 0 Å². The number of nitrogens with one attached hydrogen (secondary N) is 1. The molecule has 0 radical (unpaired) electrons. The highest BCUT2D eigenvalue weighted by molar-refractivity contribution is 5.93. The Bertz CT molecular complexity index is 1210. The first kappa shape index (κ1) is 19.0. The lowest BCUT2D eigenvalue weighted by molar-refractivity contribution is 0.208. The molecule has 1 aliphatic rings. The lowest BCUT2D eigenvalue weighted by Gasteiger charge is -2.35. The molecule has 1 aliphatic heterocycles. The molecule has 0 bridgehead atoms. The number of imidazole rings is 1. The molecule has 0 aliphatic carbocycles. The van der Waals surface area contributed by atoms with E-state index in [-0.39, 0.29) is 6.03 Å². The Hall–Kier alpha value is -3.94. The maximum atomic E-state index is 12.8. The van der Waals surface area contributed by atoms with Crippen LogP contribution in [0.25, 0.3) is 16.6 Å². The first-order valence-corrected chi connectivity index (χ1v) is 10.3. The number of fused-ring (bicyclic) bond motifs is 1. The number of aromatic nitrogens is 4. The highest BCUT2D eigenvalue weighted by atomic mass is 16.2. The van der Waals surface area contributed by atoms with Crippen LogP contribution >= 0.6 is 0 Å². The molecule has 2 amide bonds. The van der Waals surface area contributed by atoms with E-state index in [1.54, 1.807) is 12.5 Å². The summed E-state index contributed by atoms with van der Waals surface area (Å²) in [6, 6.07) is 16.0. The Morgan fingerprint density at radius 1 is 0.935 bits per heavy atom. The average Bonchev–Trinajstić information content (AvgIpc) is 3.34. The van der Waals surface area contributed by atoms with E-state index >= 15 is 0 Å². The number of rotatable bonds is 3. The van der Waals surface area contributed by atoms with Gasteiger partial charge >= 0.3 is 6.03 Å². The molecule has 31 heavy (non-hydrogen) atoms. The van der Waals surface area contributed by atoms with E-state index < -0.39 is 0 Å². The number of piperazine rings is 1. The molecule has 1 fully saturated rings. The highest BCUT2D eigenvalue weighted by Crippen LogP contribution is 2.20. The molecule has 8 heteroatoms. The van der Waals surface area contributed by atoms with Gasteiger partial charge in [0.1, 0.15) is 23.8 Å². The second kappa shape index (κ2) is 8.06. The van der Waals surface area contributed by atoms with E-state index in [0.29, 0.717) is 32.0 Å². The fourth-order valence-electron chi connectivity index (χ4n) is 3.83.